The smallest absolute Gasteiger partial charge is 0.234 e. The Hall–Kier alpha value is -4.15. The quantitative estimate of drug-likeness (QED) is 0.163. The summed E-state index contributed by atoms with van der Waals surface area (Å²) >= 11 is 7.15. The summed E-state index contributed by atoms with van der Waals surface area (Å²) in [5.74, 6) is 2.48. The van der Waals surface area contributed by atoms with E-state index < -0.39 is 0 Å². The number of anilines is 1. The highest BCUT2D eigenvalue weighted by atomic mass is 35.5. The highest BCUT2D eigenvalue weighted by Gasteiger charge is 2.18. The Bertz CT molecular complexity index is 1480. The van der Waals surface area contributed by atoms with Gasteiger partial charge in [0.2, 0.25) is 11.7 Å². The zero-order chi connectivity index (χ0) is 28.6. The van der Waals surface area contributed by atoms with Gasteiger partial charge in [0.1, 0.15) is 0 Å². The van der Waals surface area contributed by atoms with Gasteiger partial charge in [0.15, 0.2) is 28.2 Å². The molecule has 1 heterocycles. The van der Waals surface area contributed by atoms with Crippen molar-refractivity contribution in [2.24, 2.45) is 0 Å². The van der Waals surface area contributed by atoms with Crippen molar-refractivity contribution in [2.45, 2.75) is 5.16 Å². The van der Waals surface area contributed by atoms with Crippen LogP contribution in [0.5, 0.6) is 28.7 Å². The Morgan fingerprint density at radius 3 is 1.88 bits per heavy atom. The van der Waals surface area contributed by atoms with E-state index in [0.717, 1.165) is 5.56 Å². The minimum atomic E-state index is -0.207. The van der Waals surface area contributed by atoms with Crippen LogP contribution in [0.3, 0.4) is 0 Å². The Kier molecular flexibility index (Phi) is 9.57. The first-order chi connectivity index (χ1) is 19.4. The van der Waals surface area contributed by atoms with Crippen molar-refractivity contribution < 1.29 is 28.5 Å². The molecule has 11 heteroatoms. The molecule has 0 spiro atoms. The van der Waals surface area contributed by atoms with Crippen LogP contribution in [0, 0.1) is 0 Å². The monoisotopic (exact) mass is 581 g/mol. The summed E-state index contributed by atoms with van der Waals surface area (Å²) in [7, 11) is 7.80. The van der Waals surface area contributed by atoms with Crippen molar-refractivity contribution in [1.29, 1.82) is 0 Å². The third-order valence-electron chi connectivity index (χ3n) is 5.81. The summed E-state index contributed by atoms with van der Waals surface area (Å²) in [6, 6.07) is 17.9. The number of carbonyl (C=O) groups excluding carboxylic acids is 1. The van der Waals surface area contributed by atoms with E-state index in [1.165, 1.54) is 11.8 Å². The van der Waals surface area contributed by atoms with E-state index in [9.17, 15) is 4.79 Å². The van der Waals surface area contributed by atoms with Crippen molar-refractivity contribution in [3.8, 4) is 51.3 Å². The van der Waals surface area contributed by atoms with Gasteiger partial charge in [-0.3, -0.25) is 4.79 Å². The third kappa shape index (κ3) is 6.70. The van der Waals surface area contributed by atoms with Gasteiger partial charge >= 0.3 is 0 Å². The van der Waals surface area contributed by atoms with Crippen LogP contribution in [0.25, 0.3) is 22.5 Å². The molecule has 9 nitrogen and oxygen atoms in total. The van der Waals surface area contributed by atoms with Crippen molar-refractivity contribution in [2.75, 3.05) is 46.6 Å². The highest BCUT2D eigenvalue weighted by Crippen LogP contribution is 2.42. The van der Waals surface area contributed by atoms with Crippen LogP contribution in [0.4, 0.5) is 5.69 Å². The number of hydrogen-bond acceptors (Lipinski definition) is 9. The molecule has 3 aromatic carbocycles. The first-order valence-corrected chi connectivity index (χ1v) is 13.4. The molecule has 0 saturated heterocycles. The predicted octanol–water partition coefficient (Wildman–Crippen LogP) is 6.24. The van der Waals surface area contributed by atoms with Crippen LogP contribution >= 0.6 is 23.4 Å². The van der Waals surface area contributed by atoms with E-state index in [0.29, 0.717) is 61.6 Å². The number of amides is 1. The Morgan fingerprint density at radius 2 is 1.30 bits per heavy atom. The van der Waals surface area contributed by atoms with E-state index in [1.54, 1.807) is 59.8 Å². The lowest BCUT2D eigenvalue weighted by atomic mass is 10.1. The number of benzene rings is 3. The van der Waals surface area contributed by atoms with Gasteiger partial charge in [-0.1, -0.05) is 23.4 Å². The number of aromatic nitrogens is 2. The van der Waals surface area contributed by atoms with Crippen LogP contribution < -0.4 is 29.0 Å². The molecule has 0 atom stereocenters. The lowest BCUT2D eigenvalue weighted by molar-refractivity contribution is -0.113. The number of nitrogens with zero attached hydrogens (tertiary/aromatic N) is 2. The fourth-order valence-corrected chi connectivity index (χ4v) is 4.65. The molecule has 0 fully saturated rings. The second kappa shape index (κ2) is 13.3. The SMILES string of the molecule is COc1ccc(-c2cc(-c3cc(OC)c(OC)c(OC)c3)nc(SCC(=O)Nc3ccc(Cl)cc3)n2)cc1OC. The van der Waals surface area contributed by atoms with Gasteiger partial charge < -0.3 is 29.0 Å². The van der Waals surface area contributed by atoms with Crippen LogP contribution in [-0.4, -0.2) is 57.2 Å². The standard InChI is InChI=1S/C29H28ClN3O6S/c1-35-23-11-6-17(12-24(23)36-2)21-15-22(18-13-25(37-3)28(39-5)26(14-18)38-4)33-29(32-21)40-16-27(34)31-20-9-7-19(30)8-10-20/h6-15H,16H2,1-5H3,(H,31,34). The van der Waals surface area contributed by atoms with Gasteiger partial charge in [0, 0.05) is 21.8 Å². The number of ether oxygens (including phenoxy) is 5. The Balaban J connectivity index is 1.73. The maximum absolute atomic E-state index is 12.7. The normalized spacial score (nSPS) is 10.6. The number of rotatable bonds is 11. The molecule has 40 heavy (non-hydrogen) atoms. The first-order valence-electron chi connectivity index (χ1n) is 12.0. The predicted molar refractivity (Wildman–Crippen MR) is 156 cm³/mol. The molecule has 0 bridgehead atoms. The van der Waals surface area contributed by atoms with Gasteiger partial charge in [0.25, 0.3) is 0 Å². The van der Waals surface area contributed by atoms with E-state index in [2.05, 4.69) is 5.32 Å². The van der Waals surface area contributed by atoms with Crippen molar-refractivity contribution in [1.82, 2.24) is 9.97 Å². The molecular weight excluding hydrogens is 554 g/mol. The molecule has 1 aromatic heterocycles. The molecule has 0 unspecified atom stereocenters. The number of thioether (sulfide) groups is 1. The van der Waals surface area contributed by atoms with Crippen LogP contribution in [0.1, 0.15) is 0 Å². The summed E-state index contributed by atoms with van der Waals surface area (Å²) in [6.45, 7) is 0. The number of carbonyl (C=O) groups is 1. The van der Waals surface area contributed by atoms with Gasteiger partial charge in [0.05, 0.1) is 52.7 Å². The van der Waals surface area contributed by atoms with Crippen molar-refractivity contribution in [3.05, 3.63) is 65.7 Å². The van der Waals surface area contributed by atoms with Gasteiger partial charge in [-0.2, -0.15) is 0 Å². The zero-order valence-electron chi connectivity index (χ0n) is 22.6. The summed E-state index contributed by atoms with van der Waals surface area (Å²) in [4.78, 5) is 22.2. The van der Waals surface area contributed by atoms with Crippen LogP contribution in [-0.2, 0) is 4.79 Å². The van der Waals surface area contributed by atoms with Gasteiger partial charge in [-0.25, -0.2) is 9.97 Å². The average Bonchev–Trinajstić information content (AvgIpc) is 2.99. The topological polar surface area (TPSA) is 101 Å². The summed E-state index contributed by atoms with van der Waals surface area (Å²) < 4.78 is 27.4. The number of nitrogens with one attached hydrogen (secondary N) is 1. The molecule has 1 amide bonds. The maximum Gasteiger partial charge on any atom is 0.234 e. The molecule has 0 aliphatic heterocycles. The molecule has 4 aromatic rings. The second-order valence-corrected chi connectivity index (χ2v) is 9.63. The minimum absolute atomic E-state index is 0.0900. The minimum Gasteiger partial charge on any atom is -0.493 e. The van der Waals surface area contributed by atoms with Crippen molar-refractivity contribution in [3.63, 3.8) is 0 Å². The van der Waals surface area contributed by atoms with Crippen molar-refractivity contribution >= 4 is 35.0 Å². The van der Waals surface area contributed by atoms with E-state index >= 15 is 0 Å². The molecule has 0 radical (unpaired) electrons. The van der Waals surface area contributed by atoms with Crippen LogP contribution in [0.2, 0.25) is 5.02 Å². The summed E-state index contributed by atoms with van der Waals surface area (Å²) in [5, 5.41) is 3.85. The largest absolute Gasteiger partial charge is 0.493 e. The zero-order valence-corrected chi connectivity index (χ0v) is 24.2. The second-order valence-electron chi connectivity index (χ2n) is 8.25. The fraction of sp³-hybridized carbons (Fsp3) is 0.207. The number of hydrogen-bond donors (Lipinski definition) is 1. The fourth-order valence-electron chi connectivity index (χ4n) is 3.87. The van der Waals surface area contributed by atoms with Gasteiger partial charge in [-0.05, 0) is 60.7 Å². The van der Waals surface area contributed by atoms with E-state index in [4.69, 9.17) is 45.3 Å². The molecule has 4 rings (SSSR count). The van der Waals surface area contributed by atoms with Gasteiger partial charge in [-0.15, -0.1) is 0 Å². The lowest BCUT2D eigenvalue weighted by Crippen LogP contribution is -2.14. The Morgan fingerprint density at radius 1 is 0.725 bits per heavy atom. The summed E-state index contributed by atoms with van der Waals surface area (Å²) in [5.41, 5.74) is 3.36. The number of halogens is 1. The average molecular weight is 582 g/mol. The molecule has 0 aliphatic carbocycles. The molecule has 0 aliphatic rings. The van der Waals surface area contributed by atoms with E-state index in [1.807, 2.05) is 36.4 Å². The lowest BCUT2D eigenvalue weighted by Gasteiger charge is -2.15. The van der Waals surface area contributed by atoms with Crippen LogP contribution in [0.15, 0.2) is 65.8 Å². The third-order valence-corrected chi connectivity index (χ3v) is 6.91. The maximum atomic E-state index is 12.7. The first kappa shape index (κ1) is 28.8. The summed E-state index contributed by atoms with van der Waals surface area (Å²) in [6.07, 6.45) is 0. The van der Waals surface area contributed by atoms with E-state index in [-0.39, 0.29) is 11.7 Å². The molecular formula is C29H28ClN3O6S. The molecule has 0 saturated carbocycles. The number of methoxy groups -OCH3 is 5. The molecule has 208 valence electrons. The Labute approximate surface area is 241 Å². The molecule has 1 N–H and O–H groups in total. The highest BCUT2D eigenvalue weighted by molar-refractivity contribution is 7.99.